The Morgan fingerprint density at radius 3 is 2.48 bits per heavy atom. The van der Waals surface area contributed by atoms with Crippen molar-refractivity contribution < 1.29 is 19.0 Å². The minimum Gasteiger partial charge on any atom is -0.497 e. The van der Waals surface area contributed by atoms with E-state index in [1.165, 1.54) is 12.1 Å². The van der Waals surface area contributed by atoms with E-state index in [1.54, 1.807) is 44.4 Å². The first-order chi connectivity index (χ1) is 11.9. The van der Waals surface area contributed by atoms with Gasteiger partial charge in [-0.25, -0.2) is 9.18 Å². The van der Waals surface area contributed by atoms with Crippen molar-refractivity contribution in [3.63, 3.8) is 0 Å². The van der Waals surface area contributed by atoms with Crippen LogP contribution in [0.15, 0.2) is 42.5 Å². The van der Waals surface area contributed by atoms with E-state index >= 15 is 0 Å². The van der Waals surface area contributed by atoms with Crippen LogP contribution in [0.4, 0.5) is 9.18 Å². The third-order valence-electron chi connectivity index (χ3n) is 3.75. The summed E-state index contributed by atoms with van der Waals surface area (Å²) in [6.45, 7) is 1.80. The van der Waals surface area contributed by atoms with E-state index in [1.807, 2.05) is 0 Å². The molecule has 0 aliphatic carbocycles. The van der Waals surface area contributed by atoms with E-state index < -0.39 is 18.0 Å². The second kappa shape index (κ2) is 8.69. The Morgan fingerprint density at radius 1 is 1.24 bits per heavy atom. The van der Waals surface area contributed by atoms with Gasteiger partial charge in [0, 0.05) is 6.54 Å². The van der Waals surface area contributed by atoms with Crippen molar-refractivity contribution >= 4 is 17.6 Å². The maximum atomic E-state index is 13.2. The molecule has 134 valence electrons. The third-order valence-corrected chi connectivity index (χ3v) is 4.04. The van der Waals surface area contributed by atoms with Crippen LogP contribution in [0.5, 0.6) is 5.75 Å². The van der Waals surface area contributed by atoms with Gasteiger partial charge in [0.05, 0.1) is 24.3 Å². The van der Waals surface area contributed by atoms with E-state index in [-0.39, 0.29) is 17.6 Å². The van der Waals surface area contributed by atoms with E-state index in [0.717, 1.165) is 0 Å². The zero-order valence-corrected chi connectivity index (χ0v) is 14.7. The molecular weight excluding hydrogens is 347 g/mol. The first-order valence-electron chi connectivity index (χ1n) is 7.72. The molecule has 0 saturated carbocycles. The highest BCUT2D eigenvalue weighted by molar-refractivity contribution is 6.30. The van der Waals surface area contributed by atoms with Crippen LogP contribution in [0.3, 0.4) is 0 Å². The van der Waals surface area contributed by atoms with Crippen LogP contribution >= 0.6 is 11.6 Å². The first-order valence-corrected chi connectivity index (χ1v) is 8.10. The monoisotopic (exact) mass is 366 g/mol. The molecule has 2 rings (SSSR count). The number of methoxy groups -OCH3 is 1. The molecule has 0 heterocycles. The molecule has 25 heavy (non-hydrogen) atoms. The molecule has 2 atom stereocenters. The minimum atomic E-state index is -0.841. The lowest BCUT2D eigenvalue weighted by Gasteiger charge is -2.17. The fourth-order valence-corrected chi connectivity index (χ4v) is 2.43. The highest BCUT2D eigenvalue weighted by Crippen LogP contribution is 2.21. The van der Waals surface area contributed by atoms with Crippen molar-refractivity contribution in [1.82, 2.24) is 10.6 Å². The van der Waals surface area contributed by atoms with E-state index in [2.05, 4.69) is 10.6 Å². The number of hydrogen-bond acceptors (Lipinski definition) is 3. The number of aliphatic hydroxyl groups is 1. The Bertz CT molecular complexity index is 725. The number of aliphatic hydroxyl groups excluding tert-OH is 1. The Labute approximate surface area is 150 Å². The number of halogens is 2. The molecule has 0 unspecified atom stereocenters. The van der Waals surface area contributed by atoms with Crippen molar-refractivity contribution in [2.24, 2.45) is 0 Å². The molecule has 0 saturated heterocycles. The van der Waals surface area contributed by atoms with Crippen LogP contribution in [0.2, 0.25) is 5.02 Å². The summed E-state index contributed by atoms with van der Waals surface area (Å²) >= 11 is 5.74. The van der Waals surface area contributed by atoms with Gasteiger partial charge in [-0.1, -0.05) is 29.8 Å². The molecule has 7 heteroatoms. The van der Waals surface area contributed by atoms with Gasteiger partial charge in [-0.15, -0.1) is 0 Å². The summed E-state index contributed by atoms with van der Waals surface area (Å²) in [5, 5.41) is 15.4. The number of carbonyl (C=O) groups excluding carboxylic acids is 1. The summed E-state index contributed by atoms with van der Waals surface area (Å²) in [6, 6.07) is 10.4. The van der Waals surface area contributed by atoms with Gasteiger partial charge >= 0.3 is 6.03 Å². The van der Waals surface area contributed by atoms with Gasteiger partial charge in [-0.2, -0.15) is 0 Å². The molecule has 0 aromatic heterocycles. The molecule has 0 spiro atoms. The number of amides is 2. The maximum absolute atomic E-state index is 13.2. The minimum absolute atomic E-state index is 0.00138. The smallest absolute Gasteiger partial charge is 0.315 e. The lowest BCUT2D eigenvalue weighted by atomic mass is 10.1. The van der Waals surface area contributed by atoms with Gasteiger partial charge in [0.15, 0.2) is 0 Å². The molecule has 2 aromatic rings. The van der Waals surface area contributed by atoms with Gasteiger partial charge < -0.3 is 20.5 Å². The molecule has 0 bridgehead atoms. The normalized spacial score (nSPS) is 13.0. The van der Waals surface area contributed by atoms with Gasteiger partial charge in [0.2, 0.25) is 0 Å². The summed E-state index contributed by atoms with van der Waals surface area (Å²) in [6.07, 6.45) is -0.841. The number of benzene rings is 2. The van der Waals surface area contributed by atoms with Crippen molar-refractivity contribution in [3.8, 4) is 5.75 Å². The van der Waals surface area contributed by atoms with E-state index in [9.17, 15) is 14.3 Å². The highest BCUT2D eigenvalue weighted by Gasteiger charge is 2.13. The fraction of sp³-hybridized carbons (Fsp3) is 0.278. The van der Waals surface area contributed by atoms with Gasteiger partial charge in [0.25, 0.3) is 0 Å². The summed E-state index contributed by atoms with van der Waals surface area (Å²) < 4.78 is 18.2. The van der Waals surface area contributed by atoms with Crippen LogP contribution in [0, 0.1) is 5.82 Å². The topological polar surface area (TPSA) is 70.6 Å². The molecule has 0 aliphatic rings. The zero-order chi connectivity index (χ0) is 18.4. The fourth-order valence-electron chi connectivity index (χ4n) is 2.25. The lowest BCUT2D eigenvalue weighted by molar-refractivity contribution is 0.172. The molecule has 0 aliphatic heterocycles. The second-order valence-corrected chi connectivity index (χ2v) is 5.95. The van der Waals surface area contributed by atoms with Crippen molar-refractivity contribution in [3.05, 3.63) is 64.4 Å². The number of nitrogens with one attached hydrogen (secondary N) is 2. The van der Waals surface area contributed by atoms with E-state index in [4.69, 9.17) is 16.3 Å². The van der Waals surface area contributed by atoms with Crippen LogP contribution < -0.4 is 15.4 Å². The Balaban J connectivity index is 1.85. The summed E-state index contributed by atoms with van der Waals surface area (Å²) in [5.74, 6) is 0.179. The maximum Gasteiger partial charge on any atom is 0.315 e. The number of carbonyl (C=O) groups is 1. The lowest BCUT2D eigenvalue weighted by Crippen LogP contribution is -2.39. The third kappa shape index (κ3) is 5.34. The van der Waals surface area contributed by atoms with Crippen LogP contribution in [0.25, 0.3) is 0 Å². The zero-order valence-electron chi connectivity index (χ0n) is 13.9. The predicted octanol–water partition coefficient (Wildman–Crippen LogP) is 3.58. The average molecular weight is 367 g/mol. The van der Waals surface area contributed by atoms with Gasteiger partial charge in [0.1, 0.15) is 11.6 Å². The molecular formula is C18H20ClFN2O3. The SMILES string of the molecule is COc1ccc([C@@H](O)CNC(=O)N[C@H](C)c2ccc(F)c(Cl)c2)cc1. The van der Waals surface area contributed by atoms with Crippen LogP contribution in [-0.2, 0) is 0 Å². The van der Waals surface area contributed by atoms with Crippen molar-refractivity contribution in [1.29, 1.82) is 0 Å². The number of rotatable bonds is 6. The Morgan fingerprint density at radius 2 is 1.88 bits per heavy atom. The van der Waals surface area contributed by atoms with E-state index in [0.29, 0.717) is 16.9 Å². The molecule has 5 nitrogen and oxygen atoms in total. The van der Waals surface area contributed by atoms with Crippen LogP contribution in [0.1, 0.15) is 30.2 Å². The predicted molar refractivity (Wildman–Crippen MR) is 94.3 cm³/mol. The average Bonchev–Trinajstić information content (AvgIpc) is 2.62. The first kappa shape index (κ1) is 19.0. The second-order valence-electron chi connectivity index (χ2n) is 5.54. The molecule has 2 aromatic carbocycles. The Kier molecular flexibility index (Phi) is 6.61. The van der Waals surface area contributed by atoms with Crippen molar-refractivity contribution in [2.75, 3.05) is 13.7 Å². The standard InChI is InChI=1S/C18H20ClFN2O3/c1-11(13-5-8-16(20)15(19)9-13)22-18(24)21-10-17(23)12-3-6-14(25-2)7-4-12/h3-9,11,17,23H,10H2,1-2H3,(H2,21,22,24)/t11-,17+/m1/s1. The molecule has 0 radical (unpaired) electrons. The highest BCUT2D eigenvalue weighted by atomic mass is 35.5. The van der Waals surface area contributed by atoms with Gasteiger partial charge in [-0.05, 0) is 42.3 Å². The Hall–Kier alpha value is -2.31. The van der Waals surface area contributed by atoms with Crippen molar-refractivity contribution in [2.45, 2.75) is 19.1 Å². The summed E-state index contributed by atoms with van der Waals surface area (Å²) in [7, 11) is 1.56. The summed E-state index contributed by atoms with van der Waals surface area (Å²) in [5.41, 5.74) is 1.34. The molecule has 3 N–H and O–H groups in total. The largest absolute Gasteiger partial charge is 0.497 e. The van der Waals surface area contributed by atoms with Gasteiger partial charge in [-0.3, -0.25) is 0 Å². The number of ether oxygens (including phenoxy) is 1. The van der Waals surface area contributed by atoms with Crippen LogP contribution in [-0.4, -0.2) is 24.8 Å². The number of hydrogen-bond donors (Lipinski definition) is 3. The molecule has 0 fully saturated rings. The quantitative estimate of drug-likeness (QED) is 0.731. The molecule has 2 amide bonds. The number of urea groups is 1. The summed E-state index contributed by atoms with van der Waals surface area (Å²) in [4.78, 5) is 12.0.